The van der Waals surface area contributed by atoms with Crippen LogP contribution in [-0.4, -0.2) is 53.3 Å². The lowest BCUT2D eigenvalue weighted by atomic mass is 9.46. The number of benzene rings is 2. The van der Waals surface area contributed by atoms with Gasteiger partial charge in [-0.05, 0) is 85.6 Å². The molecule has 7 rings (SSSR count). The van der Waals surface area contributed by atoms with E-state index in [1.165, 1.54) is 0 Å². The molecule has 0 bridgehead atoms. The molecule has 1 heterocycles. The third-order valence-corrected chi connectivity index (χ3v) is 11.6. The van der Waals surface area contributed by atoms with Crippen LogP contribution in [0.25, 0.3) is 0 Å². The van der Waals surface area contributed by atoms with Crippen molar-refractivity contribution >= 4 is 17.3 Å². The third kappa shape index (κ3) is 4.42. The molecule has 0 radical (unpaired) electrons. The van der Waals surface area contributed by atoms with Gasteiger partial charge in [0.25, 0.3) is 0 Å². The van der Waals surface area contributed by atoms with Crippen LogP contribution in [-0.2, 0) is 25.7 Å². The molecule has 238 valence electrons. The second-order valence-electron chi connectivity index (χ2n) is 13.8. The van der Waals surface area contributed by atoms with Crippen molar-refractivity contribution in [1.29, 1.82) is 0 Å². The van der Waals surface area contributed by atoms with Gasteiger partial charge >= 0.3 is 0 Å². The van der Waals surface area contributed by atoms with Gasteiger partial charge in [0.15, 0.2) is 23.5 Å². The molecule has 1 aliphatic heterocycles. The van der Waals surface area contributed by atoms with Crippen LogP contribution in [0.3, 0.4) is 0 Å². The molecule has 0 amide bonds. The summed E-state index contributed by atoms with van der Waals surface area (Å²) in [4.78, 5) is 26.1. The SMILES string of the molecule is COc1ccc(OCc2cccc(N)c2)cc1[C@@H]1O[C@@H]2C[C@H]3[C@@H]4CCC5=CC(=O)C=C[C@]5(C)[C@H]4[C@@H](O)C[C@]3(C)[C@]2(C(=O)CO)O1. The first-order chi connectivity index (χ1) is 21.5. The largest absolute Gasteiger partial charge is 0.496 e. The number of fused-ring (bicyclic) bond motifs is 7. The Bertz CT molecular complexity index is 1600. The summed E-state index contributed by atoms with van der Waals surface area (Å²) in [5.74, 6) is 0.615. The fourth-order valence-electron chi connectivity index (χ4n) is 9.66. The number of carbonyl (C=O) groups excluding carboxylic acids is 2. The molecule has 2 aromatic rings. The van der Waals surface area contributed by atoms with E-state index in [1.54, 1.807) is 37.5 Å². The number of nitrogen functional groups attached to an aromatic ring is 1. The molecule has 3 saturated carbocycles. The molecule has 9 atom stereocenters. The lowest BCUT2D eigenvalue weighted by molar-refractivity contribution is -0.201. The van der Waals surface area contributed by atoms with Gasteiger partial charge in [-0.3, -0.25) is 9.59 Å². The van der Waals surface area contributed by atoms with Crippen LogP contribution >= 0.6 is 0 Å². The number of aliphatic hydroxyl groups excluding tert-OH is 2. The Morgan fingerprint density at radius 2 is 2.00 bits per heavy atom. The number of anilines is 1. The van der Waals surface area contributed by atoms with Gasteiger partial charge in [-0.15, -0.1) is 0 Å². The molecule has 45 heavy (non-hydrogen) atoms. The van der Waals surface area contributed by atoms with Crippen molar-refractivity contribution in [2.75, 3.05) is 19.5 Å². The van der Waals surface area contributed by atoms with Gasteiger partial charge in [0.2, 0.25) is 0 Å². The van der Waals surface area contributed by atoms with Crippen LogP contribution in [0.5, 0.6) is 11.5 Å². The topological polar surface area (TPSA) is 138 Å². The smallest absolute Gasteiger partial charge is 0.193 e. The summed E-state index contributed by atoms with van der Waals surface area (Å²) in [5.41, 5.74) is 6.45. The van der Waals surface area contributed by atoms with Crippen molar-refractivity contribution in [3.8, 4) is 11.5 Å². The third-order valence-electron chi connectivity index (χ3n) is 11.6. The van der Waals surface area contributed by atoms with Gasteiger partial charge in [0.05, 0.1) is 24.9 Å². The summed E-state index contributed by atoms with van der Waals surface area (Å²) < 4.78 is 25.2. The highest BCUT2D eigenvalue weighted by atomic mass is 16.7. The van der Waals surface area contributed by atoms with Crippen molar-refractivity contribution in [3.05, 3.63) is 77.4 Å². The van der Waals surface area contributed by atoms with E-state index in [2.05, 4.69) is 6.92 Å². The Morgan fingerprint density at radius 3 is 2.76 bits per heavy atom. The minimum absolute atomic E-state index is 0.00613. The van der Waals surface area contributed by atoms with Gasteiger partial charge < -0.3 is 34.9 Å². The van der Waals surface area contributed by atoms with Gasteiger partial charge in [0, 0.05) is 22.4 Å². The Hall–Kier alpha value is -3.50. The Labute approximate surface area is 263 Å². The van der Waals surface area contributed by atoms with E-state index in [0.717, 1.165) is 24.0 Å². The number of allylic oxidation sites excluding steroid dienone is 4. The van der Waals surface area contributed by atoms with E-state index >= 15 is 0 Å². The monoisotopic (exact) mass is 615 g/mol. The highest BCUT2D eigenvalue weighted by Crippen LogP contribution is 2.70. The zero-order valence-electron chi connectivity index (χ0n) is 25.9. The average molecular weight is 616 g/mol. The fraction of sp³-hybridized carbons (Fsp3) is 0.500. The number of carbonyl (C=O) groups is 2. The molecule has 0 unspecified atom stereocenters. The van der Waals surface area contributed by atoms with Crippen molar-refractivity contribution in [1.82, 2.24) is 0 Å². The van der Waals surface area contributed by atoms with E-state index in [9.17, 15) is 19.8 Å². The number of hydrogen-bond acceptors (Lipinski definition) is 9. The van der Waals surface area contributed by atoms with E-state index in [0.29, 0.717) is 42.2 Å². The predicted octanol–water partition coefficient (Wildman–Crippen LogP) is 4.46. The van der Waals surface area contributed by atoms with Crippen molar-refractivity contribution in [3.63, 3.8) is 0 Å². The number of Topliss-reactive ketones (excluding diaryl/α,β-unsaturated/α-hetero) is 1. The van der Waals surface area contributed by atoms with E-state index in [1.807, 2.05) is 37.3 Å². The van der Waals surface area contributed by atoms with Gasteiger partial charge in [-0.25, -0.2) is 0 Å². The van der Waals surface area contributed by atoms with E-state index < -0.39 is 47.3 Å². The van der Waals surface area contributed by atoms with Crippen LogP contribution in [0.4, 0.5) is 5.69 Å². The highest BCUT2D eigenvalue weighted by molar-refractivity contribution is 6.01. The zero-order valence-corrected chi connectivity index (χ0v) is 25.9. The van der Waals surface area contributed by atoms with Gasteiger partial charge in [0.1, 0.15) is 24.7 Å². The number of methoxy groups -OCH3 is 1. The van der Waals surface area contributed by atoms with E-state index in [-0.39, 0.29) is 23.5 Å². The van der Waals surface area contributed by atoms with Crippen molar-refractivity contribution < 1.29 is 38.7 Å². The van der Waals surface area contributed by atoms with E-state index in [4.69, 9.17) is 24.7 Å². The predicted molar refractivity (Wildman–Crippen MR) is 165 cm³/mol. The number of nitrogens with two attached hydrogens (primary N) is 1. The average Bonchev–Trinajstić information content (AvgIpc) is 3.52. The summed E-state index contributed by atoms with van der Waals surface area (Å²) in [6.45, 7) is 3.74. The number of ketones is 2. The minimum Gasteiger partial charge on any atom is -0.496 e. The summed E-state index contributed by atoms with van der Waals surface area (Å²) in [5, 5.41) is 22.2. The quantitative estimate of drug-likeness (QED) is 0.386. The van der Waals surface area contributed by atoms with Crippen LogP contribution in [0.2, 0.25) is 0 Å². The normalized spacial score (nSPS) is 38.1. The lowest BCUT2D eigenvalue weighted by Crippen LogP contribution is -2.63. The Kier molecular flexibility index (Phi) is 7.24. The lowest BCUT2D eigenvalue weighted by Gasteiger charge is -2.59. The first-order valence-electron chi connectivity index (χ1n) is 15.8. The second kappa shape index (κ2) is 10.8. The Morgan fingerprint density at radius 1 is 1.18 bits per heavy atom. The van der Waals surface area contributed by atoms with Gasteiger partial charge in [-0.1, -0.05) is 37.6 Å². The summed E-state index contributed by atoms with van der Waals surface area (Å²) in [6, 6.07) is 12.9. The van der Waals surface area contributed by atoms with Crippen molar-refractivity contribution in [2.45, 2.75) is 70.2 Å². The Balaban J connectivity index is 1.20. The molecule has 4 aliphatic carbocycles. The maximum Gasteiger partial charge on any atom is 0.193 e. The zero-order chi connectivity index (χ0) is 31.7. The maximum atomic E-state index is 13.9. The second-order valence-corrected chi connectivity index (χ2v) is 13.8. The number of rotatable bonds is 7. The highest BCUT2D eigenvalue weighted by Gasteiger charge is 2.76. The molecule has 0 aromatic heterocycles. The number of aliphatic hydroxyl groups is 2. The van der Waals surface area contributed by atoms with Crippen LogP contribution < -0.4 is 15.2 Å². The maximum absolute atomic E-state index is 13.9. The first kappa shape index (κ1) is 30.2. The number of hydrogen-bond donors (Lipinski definition) is 3. The molecular weight excluding hydrogens is 574 g/mol. The molecule has 1 saturated heterocycles. The molecule has 4 N–H and O–H groups in total. The number of ether oxygens (including phenoxy) is 4. The van der Waals surface area contributed by atoms with Crippen LogP contribution in [0.15, 0.2) is 66.3 Å². The minimum atomic E-state index is -1.46. The molecule has 2 aromatic carbocycles. The van der Waals surface area contributed by atoms with Gasteiger partial charge in [-0.2, -0.15) is 0 Å². The summed E-state index contributed by atoms with van der Waals surface area (Å²) >= 11 is 0. The molecule has 5 aliphatic rings. The van der Waals surface area contributed by atoms with Crippen LogP contribution in [0.1, 0.15) is 56.9 Å². The van der Waals surface area contributed by atoms with Crippen LogP contribution in [0, 0.1) is 28.6 Å². The first-order valence-corrected chi connectivity index (χ1v) is 15.8. The molecule has 0 spiro atoms. The summed E-state index contributed by atoms with van der Waals surface area (Å²) in [6.07, 6.45) is 5.40. The van der Waals surface area contributed by atoms with Crippen molar-refractivity contribution in [2.24, 2.45) is 28.6 Å². The molecule has 4 fully saturated rings. The fourth-order valence-corrected chi connectivity index (χ4v) is 9.66. The molecule has 9 nitrogen and oxygen atoms in total. The molecule has 9 heteroatoms. The molecular formula is C36H41NO8. The standard InChI is InChI=1S/C36H41NO8/c1-34-12-11-23(39)14-21(34)7-9-25-27-16-31-36(30(41)18-38,35(27,2)17-28(40)32(25)34)45-33(44-31)26-15-24(8-10-29(26)42-3)43-19-20-5-4-6-22(37)13-20/h4-6,8,10-15,25,27-28,31-33,38,40H,7,9,16-19,37H2,1-3H3/t25-,27-,28-,31+,32+,33+,34-,35-,36+/m0/s1. The summed E-state index contributed by atoms with van der Waals surface area (Å²) in [7, 11) is 1.56.